The maximum Gasteiger partial charge on any atom is 0.159 e. The molecular formula is C22H22ClFN6O. The molecule has 0 spiro atoms. The molecule has 0 bridgehead atoms. The molecule has 0 radical (unpaired) electrons. The molecule has 7 nitrogen and oxygen atoms in total. The summed E-state index contributed by atoms with van der Waals surface area (Å²) in [6.45, 7) is 2.62. The summed E-state index contributed by atoms with van der Waals surface area (Å²) in [4.78, 5) is 13.5. The zero-order valence-corrected chi connectivity index (χ0v) is 17.8. The quantitative estimate of drug-likeness (QED) is 0.457. The molecular weight excluding hydrogens is 419 g/mol. The first-order chi connectivity index (χ1) is 15.0. The highest BCUT2D eigenvalue weighted by atomic mass is 35.5. The molecule has 0 amide bonds. The van der Waals surface area contributed by atoms with Gasteiger partial charge in [0.2, 0.25) is 0 Å². The molecule has 3 heterocycles. The Morgan fingerprint density at radius 2 is 1.90 bits per heavy atom. The van der Waals surface area contributed by atoms with E-state index < -0.39 is 0 Å². The lowest BCUT2D eigenvalue weighted by molar-refractivity contribution is 0.111. The van der Waals surface area contributed by atoms with Crippen LogP contribution in [0.25, 0.3) is 28.1 Å². The van der Waals surface area contributed by atoms with Crippen LogP contribution in [0, 0.1) is 18.7 Å². The van der Waals surface area contributed by atoms with E-state index in [0.29, 0.717) is 44.8 Å². The number of rotatable bonds is 4. The van der Waals surface area contributed by atoms with E-state index in [1.165, 1.54) is 12.1 Å². The molecule has 31 heavy (non-hydrogen) atoms. The van der Waals surface area contributed by atoms with Crippen LogP contribution in [-0.4, -0.2) is 42.3 Å². The van der Waals surface area contributed by atoms with Gasteiger partial charge >= 0.3 is 0 Å². The molecule has 1 fully saturated rings. The molecule has 160 valence electrons. The normalized spacial score (nSPS) is 19.2. The van der Waals surface area contributed by atoms with Crippen molar-refractivity contribution in [3.8, 4) is 11.4 Å². The molecule has 1 saturated carbocycles. The number of fused-ring (bicyclic) bond motifs is 2. The second kappa shape index (κ2) is 8.01. The lowest BCUT2D eigenvalue weighted by Gasteiger charge is -2.25. The van der Waals surface area contributed by atoms with E-state index in [9.17, 15) is 9.50 Å². The Morgan fingerprint density at radius 3 is 2.71 bits per heavy atom. The Balaban J connectivity index is 1.49. The fourth-order valence-corrected chi connectivity index (χ4v) is 4.33. The number of hydrogen-bond donors (Lipinski definition) is 2. The third-order valence-electron chi connectivity index (χ3n) is 5.83. The number of nitrogens with one attached hydrogen (secondary N) is 1. The number of aromatic nitrogens is 5. The molecule has 2 N–H and O–H groups in total. The van der Waals surface area contributed by atoms with Crippen LogP contribution in [0.1, 0.15) is 31.4 Å². The Hall–Kier alpha value is -2.84. The highest BCUT2D eigenvalue weighted by Crippen LogP contribution is 2.27. The summed E-state index contributed by atoms with van der Waals surface area (Å²) in [7, 11) is 0. The van der Waals surface area contributed by atoms with Crippen molar-refractivity contribution in [2.45, 2.75) is 38.7 Å². The number of aryl methyl sites for hydroxylation is 1. The summed E-state index contributed by atoms with van der Waals surface area (Å²) in [6.07, 6.45) is 3.48. The van der Waals surface area contributed by atoms with Gasteiger partial charge < -0.3 is 10.4 Å². The van der Waals surface area contributed by atoms with Gasteiger partial charge in [-0.2, -0.15) is 9.61 Å². The number of hydrogen-bond acceptors (Lipinski definition) is 6. The Bertz CT molecular complexity index is 1270. The lowest BCUT2D eigenvalue weighted by atomic mass is 9.87. The molecule has 0 atom stereocenters. The summed E-state index contributed by atoms with van der Waals surface area (Å²) in [5.41, 5.74) is 3.56. The predicted octanol–water partition coefficient (Wildman–Crippen LogP) is 4.40. The molecule has 1 aromatic carbocycles. The standard InChI is InChI=1S/C22H22ClFN6O/c1-12-22(27-17-8-14(24)4-7-16(17)26-12)18-9-21-28-19(23)10-20(30(21)29-18)25-11-13-2-5-15(31)6-3-13/h4,7-10,13,15,25,31H,2-3,5-6,11H2,1H3/t13-,15-. The van der Waals surface area contributed by atoms with Gasteiger partial charge in [-0.05, 0) is 50.7 Å². The second-order valence-electron chi connectivity index (χ2n) is 8.11. The van der Waals surface area contributed by atoms with Gasteiger partial charge in [0.05, 0.1) is 22.8 Å². The van der Waals surface area contributed by atoms with E-state index in [1.807, 2.05) is 6.92 Å². The number of benzene rings is 1. The summed E-state index contributed by atoms with van der Waals surface area (Å²) < 4.78 is 15.4. The molecule has 9 heteroatoms. The maximum atomic E-state index is 13.7. The van der Waals surface area contributed by atoms with E-state index in [-0.39, 0.29) is 11.9 Å². The molecule has 0 saturated heterocycles. The number of aliphatic hydroxyl groups excluding tert-OH is 1. The number of halogens is 2. The molecule has 5 rings (SSSR count). The highest BCUT2D eigenvalue weighted by Gasteiger charge is 2.20. The highest BCUT2D eigenvalue weighted by molar-refractivity contribution is 6.29. The molecule has 1 aliphatic carbocycles. The fourth-order valence-electron chi connectivity index (χ4n) is 4.14. The average molecular weight is 441 g/mol. The predicted molar refractivity (Wildman–Crippen MR) is 118 cm³/mol. The van der Waals surface area contributed by atoms with Crippen LogP contribution < -0.4 is 5.32 Å². The van der Waals surface area contributed by atoms with Gasteiger partial charge in [-0.3, -0.25) is 0 Å². The smallest absolute Gasteiger partial charge is 0.159 e. The van der Waals surface area contributed by atoms with Gasteiger partial charge in [-0.15, -0.1) is 0 Å². The summed E-state index contributed by atoms with van der Waals surface area (Å²) in [5, 5.41) is 18.2. The van der Waals surface area contributed by atoms with Crippen LogP contribution in [-0.2, 0) is 0 Å². The zero-order chi connectivity index (χ0) is 21.5. The number of aliphatic hydroxyl groups is 1. The van der Waals surface area contributed by atoms with E-state index in [2.05, 4.69) is 25.4 Å². The van der Waals surface area contributed by atoms with Gasteiger partial charge in [0.1, 0.15) is 28.2 Å². The largest absolute Gasteiger partial charge is 0.393 e. The minimum Gasteiger partial charge on any atom is -0.393 e. The van der Waals surface area contributed by atoms with Gasteiger partial charge in [0.15, 0.2) is 5.65 Å². The first kappa shape index (κ1) is 20.1. The van der Waals surface area contributed by atoms with Crippen LogP contribution in [0.5, 0.6) is 0 Å². The first-order valence-electron chi connectivity index (χ1n) is 10.4. The van der Waals surface area contributed by atoms with Crippen molar-refractivity contribution in [2.24, 2.45) is 5.92 Å². The molecule has 1 aliphatic rings. The van der Waals surface area contributed by atoms with E-state index >= 15 is 0 Å². The maximum absolute atomic E-state index is 13.7. The van der Waals surface area contributed by atoms with Crippen molar-refractivity contribution < 1.29 is 9.50 Å². The average Bonchev–Trinajstić information content (AvgIpc) is 3.16. The van der Waals surface area contributed by atoms with E-state index in [0.717, 1.165) is 38.0 Å². The summed E-state index contributed by atoms with van der Waals surface area (Å²) >= 11 is 6.25. The van der Waals surface area contributed by atoms with Crippen LogP contribution in [0.3, 0.4) is 0 Å². The van der Waals surface area contributed by atoms with Crippen molar-refractivity contribution in [1.82, 2.24) is 24.6 Å². The van der Waals surface area contributed by atoms with Gasteiger partial charge in [-0.25, -0.2) is 19.3 Å². The summed E-state index contributed by atoms with van der Waals surface area (Å²) in [6, 6.07) is 7.90. The molecule has 0 unspecified atom stereocenters. The Kier molecular flexibility index (Phi) is 5.19. The van der Waals surface area contributed by atoms with Crippen molar-refractivity contribution in [3.05, 3.63) is 47.0 Å². The minimum atomic E-state index is -0.359. The van der Waals surface area contributed by atoms with E-state index in [1.54, 1.807) is 22.7 Å². The first-order valence-corrected chi connectivity index (χ1v) is 10.8. The van der Waals surface area contributed by atoms with Gasteiger partial charge in [0, 0.05) is 24.7 Å². The van der Waals surface area contributed by atoms with Crippen LogP contribution >= 0.6 is 11.6 Å². The lowest BCUT2D eigenvalue weighted by Crippen LogP contribution is -2.24. The van der Waals surface area contributed by atoms with Crippen molar-refractivity contribution >= 4 is 34.1 Å². The third-order valence-corrected chi connectivity index (χ3v) is 6.02. The van der Waals surface area contributed by atoms with Crippen molar-refractivity contribution in [2.75, 3.05) is 11.9 Å². The zero-order valence-electron chi connectivity index (χ0n) is 17.0. The Morgan fingerprint density at radius 1 is 1.10 bits per heavy atom. The van der Waals surface area contributed by atoms with Crippen molar-refractivity contribution in [1.29, 1.82) is 0 Å². The van der Waals surface area contributed by atoms with Gasteiger partial charge in [0.25, 0.3) is 0 Å². The third kappa shape index (κ3) is 4.05. The van der Waals surface area contributed by atoms with Crippen LogP contribution in [0.15, 0.2) is 30.3 Å². The van der Waals surface area contributed by atoms with Crippen LogP contribution in [0.2, 0.25) is 5.15 Å². The monoisotopic (exact) mass is 440 g/mol. The van der Waals surface area contributed by atoms with E-state index in [4.69, 9.17) is 11.6 Å². The number of nitrogens with zero attached hydrogens (tertiary/aromatic N) is 5. The van der Waals surface area contributed by atoms with Gasteiger partial charge in [-0.1, -0.05) is 11.6 Å². The van der Waals surface area contributed by atoms with Crippen LogP contribution in [0.4, 0.5) is 10.2 Å². The minimum absolute atomic E-state index is 0.174. The molecule has 3 aromatic heterocycles. The second-order valence-corrected chi connectivity index (χ2v) is 8.50. The number of anilines is 1. The SMILES string of the molecule is Cc1nc2ccc(F)cc2nc1-c1cc2nc(Cl)cc(NC[C@H]3CC[C@H](O)CC3)n2n1. The topological polar surface area (TPSA) is 88.2 Å². The molecule has 4 aromatic rings. The fraction of sp³-hybridized carbons (Fsp3) is 0.364. The Labute approximate surface area is 183 Å². The van der Waals surface area contributed by atoms with Crippen molar-refractivity contribution in [3.63, 3.8) is 0 Å². The molecule has 0 aliphatic heterocycles. The summed E-state index contributed by atoms with van der Waals surface area (Å²) in [5.74, 6) is 0.871.